The third-order valence-electron chi connectivity index (χ3n) is 5.56. The van der Waals surface area contributed by atoms with Crippen molar-refractivity contribution in [2.24, 2.45) is 5.92 Å². The molecule has 1 atom stereocenters. The van der Waals surface area contributed by atoms with E-state index in [0.29, 0.717) is 23.8 Å². The second kappa shape index (κ2) is 9.24. The minimum Gasteiger partial charge on any atom is -0.507 e. The van der Waals surface area contributed by atoms with Crippen LogP contribution in [0.15, 0.2) is 65.6 Å². The molecule has 0 aliphatic carbocycles. The molecule has 3 aromatic rings. The lowest BCUT2D eigenvalue weighted by Gasteiger charge is -2.24. The molecular formula is C27H27NO4S. The molecule has 1 unspecified atom stereocenters. The molecule has 0 radical (unpaired) electrons. The average molecular weight is 462 g/mol. The van der Waals surface area contributed by atoms with Gasteiger partial charge in [-0.2, -0.15) is 0 Å². The van der Waals surface area contributed by atoms with E-state index in [1.54, 1.807) is 18.2 Å². The Bertz CT molecular complexity index is 1230. The minimum absolute atomic E-state index is 0.0965. The predicted molar refractivity (Wildman–Crippen MR) is 132 cm³/mol. The molecule has 33 heavy (non-hydrogen) atoms. The maximum atomic E-state index is 13.2. The Morgan fingerprint density at radius 2 is 1.88 bits per heavy atom. The molecule has 0 bridgehead atoms. The quantitative estimate of drug-likeness (QED) is 0.277. The number of hydrogen-bond donors (Lipinski definition) is 1. The van der Waals surface area contributed by atoms with Crippen LogP contribution in [0.1, 0.15) is 41.5 Å². The van der Waals surface area contributed by atoms with Crippen LogP contribution in [0.4, 0.5) is 5.69 Å². The molecule has 4 rings (SSSR count). The van der Waals surface area contributed by atoms with Crippen molar-refractivity contribution in [1.29, 1.82) is 0 Å². The summed E-state index contributed by atoms with van der Waals surface area (Å²) < 4.78 is 5.84. The van der Waals surface area contributed by atoms with Gasteiger partial charge in [-0.1, -0.05) is 32.0 Å². The number of aryl methyl sites for hydroxylation is 2. The SMILES string of the molecule is Cc1cccc(N2C(=O)C(=O)/C(=C(\O)c3ccc(OCC(C)C)c(C)c3)C2c2cccs2)c1. The van der Waals surface area contributed by atoms with E-state index in [2.05, 4.69) is 13.8 Å². The number of aliphatic hydroxyl groups excluding tert-OH is 1. The predicted octanol–water partition coefficient (Wildman–Crippen LogP) is 6.03. The van der Waals surface area contributed by atoms with Crippen LogP contribution in [0.25, 0.3) is 5.76 Å². The van der Waals surface area contributed by atoms with E-state index in [4.69, 9.17) is 4.74 Å². The van der Waals surface area contributed by atoms with E-state index in [1.165, 1.54) is 16.2 Å². The molecular weight excluding hydrogens is 434 g/mol. The van der Waals surface area contributed by atoms with Crippen molar-refractivity contribution in [2.45, 2.75) is 33.7 Å². The van der Waals surface area contributed by atoms with Gasteiger partial charge in [0, 0.05) is 16.1 Å². The number of anilines is 1. The number of Topliss-reactive ketones (excluding diaryl/α,β-unsaturated/α-hetero) is 1. The van der Waals surface area contributed by atoms with Crippen molar-refractivity contribution >= 4 is 34.5 Å². The zero-order valence-corrected chi connectivity index (χ0v) is 20.0. The van der Waals surface area contributed by atoms with Gasteiger partial charge in [-0.3, -0.25) is 14.5 Å². The first-order chi connectivity index (χ1) is 15.8. The van der Waals surface area contributed by atoms with Gasteiger partial charge in [0.1, 0.15) is 17.6 Å². The third kappa shape index (κ3) is 4.44. The Hall–Kier alpha value is -3.38. The van der Waals surface area contributed by atoms with Crippen molar-refractivity contribution in [2.75, 3.05) is 11.5 Å². The fraction of sp³-hybridized carbons (Fsp3) is 0.259. The number of benzene rings is 2. The lowest BCUT2D eigenvalue weighted by molar-refractivity contribution is -0.132. The molecule has 170 valence electrons. The molecule has 0 saturated carbocycles. The van der Waals surface area contributed by atoms with E-state index in [1.807, 2.05) is 55.6 Å². The Morgan fingerprint density at radius 3 is 2.52 bits per heavy atom. The van der Waals surface area contributed by atoms with E-state index < -0.39 is 17.7 Å². The number of hydrogen-bond acceptors (Lipinski definition) is 5. The average Bonchev–Trinajstić information content (AvgIpc) is 3.39. The van der Waals surface area contributed by atoms with Gasteiger partial charge in [0.05, 0.1) is 12.2 Å². The fourth-order valence-corrected chi connectivity index (χ4v) is 4.79. The molecule has 1 N–H and O–H groups in total. The number of amides is 1. The maximum Gasteiger partial charge on any atom is 0.300 e. The first kappa shape index (κ1) is 22.8. The number of rotatable bonds is 6. The van der Waals surface area contributed by atoms with Crippen LogP contribution in [-0.2, 0) is 9.59 Å². The van der Waals surface area contributed by atoms with Gasteiger partial charge in [0.2, 0.25) is 0 Å². The standard InChI is InChI=1S/C27H27NO4S/c1-16(2)15-32-21-11-10-19(14-18(21)4)25(29)23-24(22-9-6-12-33-22)28(27(31)26(23)30)20-8-5-7-17(3)13-20/h5-14,16,24,29H,15H2,1-4H3/b25-23-. The molecule has 2 heterocycles. The zero-order valence-electron chi connectivity index (χ0n) is 19.2. The summed E-state index contributed by atoms with van der Waals surface area (Å²) in [5.74, 6) is -0.393. The zero-order chi connectivity index (χ0) is 23.7. The summed E-state index contributed by atoms with van der Waals surface area (Å²) in [6.07, 6.45) is 0. The second-order valence-corrected chi connectivity index (χ2v) is 9.69. The maximum absolute atomic E-state index is 13.2. The van der Waals surface area contributed by atoms with Crippen LogP contribution >= 0.6 is 11.3 Å². The van der Waals surface area contributed by atoms with Crippen molar-refractivity contribution in [3.63, 3.8) is 0 Å². The molecule has 1 aliphatic heterocycles. The van der Waals surface area contributed by atoms with Crippen molar-refractivity contribution in [1.82, 2.24) is 0 Å². The van der Waals surface area contributed by atoms with Gasteiger partial charge in [-0.25, -0.2) is 0 Å². The lowest BCUT2D eigenvalue weighted by Crippen LogP contribution is -2.29. The number of ketones is 1. The molecule has 1 saturated heterocycles. The van der Waals surface area contributed by atoms with Crippen LogP contribution in [0, 0.1) is 19.8 Å². The second-order valence-electron chi connectivity index (χ2n) is 8.71. The van der Waals surface area contributed by atoms with Crippen molar-refractivity contribution < 1.29 is 19.4 Å². The van der Waals surface area contributed by atoms with Gasteiger partial charge in [0.15, 0.2) is 0 Å². The van der Waals surface area contributed by atoms with Crippen molar-refractivity contribution in [3.8, 4) is 5.75 Å². The first-order valence-electron chi connectivity index (χ1n) is 10.9. The molecule has 1 fully saturated rings. The Labute approximate surface area is 197 Å². The molecule has 1 aromatic heterocycles. The Kier molecular flexibility index (Phi) is 6.38. The summed E-state index contributed by atoms with van der Waals surface area (Å²) in [5, 5.41) is 13.2. The highest BCUT2D eigenvalue weighted by molar-refractivity contribution is 7.10. The molecule has 0 spiro atoms. The molecule has 1 amide bonds. The number of carbonyl (C=O) groups excluding carboxylic acids is 2. The van der Waals surface area contributed by atoms with Gasteiger partial charge in [-0.15, -0.1) is 11.3 Å². The largest absolute Gasteiger partial charge is 0.507 e. The number of ether oxygens (including phenoxy) is 1. The summed E-state index contributed by atoms with van der Waals surface area (Å²) in [7, 11) is 0. The van der Waals surface area contributed by atoms with Gasteiger partial charge < -0.3 is 9.84 Å². The highest BCUT2D eigenvalue weighted by Crippen LogP contribution is 2.43. The van der Waals surface area contributed by atoms with Gasteiger partial charge in [-0.05, 0) is 72.7 Å². The fourth-order valence-electron chi connectivity index (χ4n) is 3.96. The first-order valence-corrected chi connectivity index (χ1v) is 11.8. The highest BCUT2D eigenvalue weighted by Gasteiger charge is 2.47. The normalized spacial score (nSPS) is 17.7. The molecule has 1 aliphatic rings. The number of aliphatic hydroxyl groups is 1. The van der Waals surface area contributed by atoms with Gasteiger partial charge in [0.25, 0.3) is 11.7 Å². The van der Waals surface area contributed by atoms with Crippen LogP contribution < -0.4 is 9.64 Å². The summed E-state index contributed by atoms with van der Waals surface area (Å²) in [4.78, 5) is 28.6. The Balaban J connectivity index is 1.81. The summed E-state index contributed by atoms with van der Waals surface area (Å²) in [5.41, 5.74) is 3.03. The van der Waals surface area contributed by atoms with E-state index in [0.717, 1.165) is 21.8 Å². The molecule has 6 heteroatoms. The van der Waals surface area contributed by atoms with Crippen LogP contribution in [0.3, 0.4) is 0 Å². The summed E-state index contributed by atoms with van der Waals surface area (Å²) in [6, 6.07) is 15.8. The number of thiophene rings is 1. The van der Waals surface area contributed by atoms with E-state index in [9.17, 15) is 14.7 Å². The Morgan fingerprint density at radius 1 is 1.09 bits per heavy atom. The summed E-state index contributed by atoms with van der Waals surface area (Å²) in [6.45, 7) is 8.58. The van der Waals surface area contributed by atoms with Crippen LogP contribution in [0.2, 0.25) is 0 Å². The third-order valence-corrected chi connectivity index (χ3v) is 6.48. The topological polar surface area (TPSA) is 66.8 Å². The monoisotopic (exact) mass is 461 g/mol. The van der Waals surface area contributed by atoms with Crippen molar-refractivity contribution in [3.05, 3.63) is 87.1 Å². The highest BCUT2D eigenvalue weighted by atomic mass is 32.1. The minimum atomic E-state index is -0.691. The van der Waals surface area contributed by atoms with Crippen LogP contribution in [-0.4, -0.2) is 23.4 Å². The molecule has 2 aromatic carbocycles. The number of carbonyl (C=O) groups is 2. The van der Waals surface area contributed by atoms with Crippen LogP contribution in [0.5, 0.6) is 5.75 Å². The summed E-state index contributed by atoms with van der Waals surface area (Å²) >= 11 is 1.45. The smallest absolute Gasteiger partial charge is 0.300 e. The van der Waals surface area contributed by atoms with Gasteiger partial charge >= 0.3 is 0 Å². The van der Waals surface area contributed by atoms with E-state index in [-0.39, 0.29) is 11.3 Å². The number of nitrogens with zero attached hydrogens (tertiary/aromatic N) is 1. The molecule has 5 nitrogen and oxygen atoms in total. The lowest BCUT2D eigenvalue weighted by atomic mass is 9.98. The van der Waals surface area contributed by atoms with E-state index >= 15 is 0 Å².